The minimum atomic E-state index is -5.78. The number of alkyl halides is 5. The van der Waals surface area contributed by atoms with E-state index in [1.165, 1.54) is 38.5 Å². The van der Waals surface area contributed by atoms with Crippen molar-refractivity contribution in [2.45, 2.75) is 89.7 Å². The number of carbonyl (C=O) groups is 2. The number of halogens is 5. The van der Waals surface area contributed by atoms with Gasteiger partial charge in [0.1, 0.15) is 6.61 Å². The van der Waals surface area contributed by atoms with E-state index in [2.05, 4.69) is 11.7 Å². The van der Waals surface area contributed by atoms with Crippen LogP contribution in [0.1, 0.15) is 77.6 Å². The fraction of sp³-hybridized carbons (Fsp3) is 0.800. The molecule has 9 heteroatoms. The first kappa shape index (κ1) is 27.3. The van der Waals surface area contributed by atoms with E-state index in [1.807, 2.05) is 6.08 Å². The zero-order valence-electron chi connectivity index (χ0n) is 16.9. The van der Waals surface area contributed by atoms with Crippen LogP contribution in [0.15, 0.2) is 12.2 Å². The Kier molecular flexibility index (Phi) is 14.3. The van der Waals surface area contributed by atoms with Crippen LogP contribution in [0.3, 0.4) is 0 Å². The quantitative estimate of drug-likeness (QED) is 0.128. The molecule has 0 saturated heterocycles. The van der Waals surface area contributed by atoms with E-state index in [4.69, 9.17) is 4.74 Å². The van der Waals surface area contributed by atoms with Gasteiger partial charge in [-0.05, 0) is 19.3 Å². The summed E-state index contributed by atoms with van der Waals surface area (Å²) in [4.78, 5) is 22.6. The summed E-state index contributed by atoms with van der Waals surface area (Å²) in [5.74, 6) is -6.90. The Morgan fingerprint density at radius 2 is 1.31 bits per heavy atom. The third-order valence-corrected chi connectivity index (χ3v) is 4.07. The Labute approximate surface area is 168 Å². The van der Waals surface area contributed by atoms with Gasteiger partial charge in [-0.1, -0.05) is 57.6 Å². The molecule has 0 N–H and O–H groups in total. The van der Waals surface area contributed by atoms with E-state index in [-0.39, 0.29) is 19.4 Å². The Morgan fingerprint density at radius 1 is 0.759 bits per heavy atom. The first-order valence-corrected chi connectivity index (χ1v) is 10.0. The Balaban J connectivity index is 3.66. The van der Waals surface area contributed by atoms with Crippen LogP contribution in [0.4, 0.5) is 22.0 Å². The number of esters is 2. The minimum absolute atomic E-state index is 0.0585. The van der Waals surface area contributed by atoms with Crippen LogP contribution in [-0.4, -0.2) is 37.3 Å². The number of rotatable bonds is 16. The SMILES string of the molecule is CCCCCCCCC/C=C/COC(=O)CCCC(=O)OCC(F)(F)C(F)(F)F. The molecule has 0 aliphatic rings. The van der Waals surface area contributed by atoms with Gasteiger partial charge in [0.05, 0.1) is 0 Å². The summed E-state index contributed by atoms with van der Waals surface area (Å²) in [6, 6.07) is 0. The van der Waals surface area contributed by atoms with Crippen LogP contribution in [0.5, 0.6) is 0 Å². The highest BCUT2D eigenvalue weighted by atomic mass is 19.4. The van der Waals surface area contributed by atoms with Crippen LogP contribution in [-0.2, 0) is 19.1 Å². The van der Waals surface area contributed by atoms with Gasteiger partial charge in [-0.3, -0.25) is 9.59 Å². The molecular formula is C20H31F5O4. The van der Waals surface area contributed by atoms with Crippen molar-refractivity contribution in [3.8, 4) is 0 Å². The van der Waals surface area contributed by atoms with Gasteiger partial charge >= 0.3 is 24.0 Å². The lowest BCUT2D eigenvalue weighted by atomic mass is 10.1. The molecule has 0 fully saturated rings. The maximum atomic E-state index is 12.6. The van der Waals surface area contributed by atoms with Crippen molar-refractivity contribution in [2.24, 2.45) is 0 Å². The van der Waals surface area contributed by atoms with E-state index in [1.54, 1.807) is 6.08 Å². The number of hydrogen-bond donors (Lipinski definition) is 0. The number of unbranched alkanes of at least 4 members (excludes halogenated alkanes) is 7. The third-order valence-electron chi connectivity index (χ3n) is 4.07. The monoisotopic (exact) mass is 430 g/mol. The topological polar surface area (TPSA) is 52.6 Å². The summed E-state index contributed by atoms with van der Waals surface area (Å²) in [5.41, 5.74) is 0. The number of allylic oxidation sites excluding steroid dienone is 1. The van der Waals surface area contributed by atoms with Crippen LogP contribution in [0.25, 0.3) is 0 Å². The highest BCUT2D eigenvalue weighted by Gasteiger charge is 2.58. The molecule has 0 aromatic heterocycles. The smallest absolute Gasteiger partial charge is 0.456 e. The van der Waals surface area contributed by atoms with Gasteiger partial charge in [-0.2, -0.15) is 22.0 Å². The predicted octanol–water partition coefficient (Wildman–Crippen LogP) is 6.14. The van der Waals surface area contributed by atoms with Crippen molar-refractivity contribution >= 4 is 11.9 Å². The van der Waals surface area contributed by atoms with Crippen molar-refractivity contribution in [3.63, 3.8) is 0 Å². The molecule has 4 nitrogen and oxygen atoms in total. The van der Waals surface area contributed by atoms with Crippen LogP contribution in [0.2, 0.25) is 0 Å². The van der Waals surface area contributed by atoms with Gasteiger partial charge in [-0.25, -0.2) is 0 Å². The normalized spacial score (nSPS) is 12.3. The van der Waals surface area contributed by atoms with Crippen LogP contribution < -0.4 is 0 Å². The van der Waals surface area contributed by atoms with E-state index in [0.717, 1.165) is 12.8 Å². The maximum Gasteiger partial charge on any atom is 0.456 e. The second kappa shape index (κ2) is 15.2. The second-order valence-corrected chi connectivity index (χ2v) is 6.78. The lowest BCUT2D eigenvalue weighted by Gasteiger charge is -2.18. The molecule has 0 aromatic carbocycles. The molecule has 0 unspecified atom stereocenters. The average molecular weight is 430 g/mol. The Hall–Kier alpha value is -1.67. The van der Waals surface area contributed by atoms with Crippen molar-refractivity contribution in [2.75, 3.05) is 13.2 Å². The summed E-state index contributed by atoms with van der Waals surface area (Å²) in [5, 5.41) is 0. The second-order valence-electron chi connectivity index (χ2n) is 6.78. The summed E-state index contributed by atoms with van der Waals surface area (Å²) in [7, 11) is 0. The highest BCUT2D eigenvalue weighted by molar-refractivity contribution is 5.72. The predicted molar refractivity (Wildman–Crippen MR) is 98.5 cm³/mol. The molecule has 0 amide bonds. The number of hydrogen-bond acceptors (Lipinski definition) is 4. The van der Waals surface area contributed by atoms with Gasteiger partial charge in [-0.15, -0.1) is 0 Å². The molecule has 0 saturated carbocycles. The molecule has 0 radical (unpaired) electrons. The molecule has 0 aromatic rings. The van der Waals surface area contributed by atoms with Gasteiger partial charge in [0, 0.05) is 12.8 Å². The summed E-state index contributed by atoms with van der Waals surface area (Å²) in [6.45, 7) is 0.207. The summed E-state index contributed by atoms with van der Waals surface area (Å²) < 4.78 is 69.8. The lowest BCUT2D eigenvalue weighted by Crippen LogP contribution is -2.41. The molecule has 0 atom stereocenters. The van der Waals surface area contributed by atoms with Crippen molar-refractivity contribution < 1.29 is 41.0 Å². The van der Waals surface area contributed by atoms with Gasteiger partial charge in [0.2, 0.25) is 0 Å². The maximum absolute atomic E-state index is 12.6. The zero-order chi connectivity index (χ0) is 22.2. The van der Waals surface area contributed by atoms with E-state index in [0.29, 0.717) is 0 Å². The summed E-state index contributed by atoms with van der Waals surface area (Å²) >= 11 is 0. The van der Waals surface area contributed by atoms with Crippen molar-refractivity contribution in [3.05, 3.63) is 12.2 Å². The third kappa shape index (κ3) is 14.9. The van der Waals surface area contributed by atoms with Crippen LogP contribution in [0, 0.1) is 0 Å². The Morgan fingerprint density at radius 3 is 1.90 bits per heavy atom. The summed E-state index contributed by atoms with van der Waals surface area (Å²) in [6.07, 6.45) is 6.62. The molecule has 0 aliphatic carbocycles. The molecule has 0 rings (SSSR count). The van der Waals surface area contributed by atoms with Crippen LogP contribution >= 0.6 is 0 Å². The van der Waals surface area contributed by atoms with Gasteiger partial charge < -0.3 is 9.47 Å². The molecular weight excluding hydrogens is 399 g/mol. The fourth-order valence-corrected chi connectivity index (χ4v) is 2.32. The number of ether oxygens (including phenoxy) is 2. The fourth-order valence-electron chi connectivity index (χ4n) is 2.32. The molecule has 0 bridgehead atoms. The molecule has 0 aliphatic heterocycles. The first-order chi connectivity index (χ1) is 13.6. The lowest BCUT2D eigenvalue weighted by molar-refractivity contribution is -0.294. The molecule has 0 heterocycles. The van der Waals surface area contributed by atoms with E-state index < -0.39 is 37.1 Å². The zero-order valence-corrected chi connectivity index (χ0v) is 16.9. The minimum Gasteiger partial charge on any atom is -0.461 e. The van der Waals surface area contributed by atoms with E-state index in [9.17, 15) is 31.5 Å². The highest BCUT2D eigenvalue weighted by Crippen LogP contribution is 2.35. The molecule has 0 spiro atoms. The Bertz CT molecular complexity index is 490. The number of carbonyl (C=O) groups excluding carboxylic acids is 2. The van der Waals surface area contributed by atoms with Gasteiger partial charge in [0.15, 0.2) is 6.61 Å². The average Bonchev–Trinajstić information content (AvgIpc) is 2.63. The first-order valence-electron chi connectivity index (χ1n) is 10.0. The molecule has 170 valence electrons. The van der Waals surface area contributed by atoms with Gasteiger partial charge in [0.25, 0.3) is 0 Å². The molecule has 29 heavy (non-hydrogen) atoms. The van der Waals surface area contributed by atoms with Crippen molar-refractivity contribution in [1.29, 1.82) is 0 Å². The standard InChI is InChI=1S/C20H31F5O4/c1-2-3-4-5-6-7-8-9-10-11-15-28-17(26)13-12-14-18(27)29-16-19(21,22)20(23,24)25/h10-11H,2-9,12-16H2,1H3/b11-10+. The van der Waals surface area contributed by atoms with Crippen molar-refractivity contribution in [1.82, 2.24) is 0 Å². The largest absolute Gasteiger partial charge is 0.461 e. The van der Waals surface area contributed by atoms with E-state index >= 15 is 0 Å².